The highest BCUT2D eigenvalue weighted by Gasteiger charge is 2.37. The first-order valence-electron chi connectivity index (χ1n) is 7.86. The Morgan fingerprint density at radius 3 is 2.25 bits per heavy atom. The normalized spacial score (nSPS) is 18.4. The lowest BCUT2D eigenvalue weighted by molar-refractivity contribution is -0.135. The lowest BCUT2D eigenvalue weighted by Gasteiger charge is -2.28. The van der Waals surface area contributed by atoms with Crippen molar-refractivity contribution in [2.24, 2.45) is 23.5 Å². The van der Waals surface area contributed by atoms with Gasteiger partial charge in [0.05, 0.1) is 0 Å². The Hall–Kier alpha value is -1.06. The quantitative estimate of drug-likeness (QED) is 0.718. The van der Waals surface area contributed by atoms with Gasteiger partial charge in [0.25, 0.3) is 0 Å². The molecule has 0 aromatic carbocycles. The highest BCUT2D eigenvalue weighted by Crippen LogP contribution is 2.38. The van der Waals surface area contributed by atoms with Crippen LogP contribution in [-0.4, -0.2) is 17.4 Å². The molecule has 2 unspecified atom stereocenters. The van der Waals surface area contributed by atoms with Crippen molar-refractivity contribution in [3.8, 4) is 0 Å². The van der Waals surface area contributed by atoms with E-state index in [2.05, 4.69) is 12.2 Å². The van der Waals surface area contributed by atoms with Crippen LogP contribution in [0.4, 0.5) is 0 Å². The topological polar surface area (TPSA) is 72.2 Å². The molecule has 0 spiro atoms. The maximum absolute atomic E-state index is 12.5. The highest BCUT2D eigenvalue weighted by molar-refractivity contribution is 5.87. The van der Waals surface area contributed by atoms with E-state index in [0.717, 1.165) is 25.7 Å². The van der Waals surface area contributed by atoms with E-state index >= 15 is 0 Å². The summed E-state index contributed by atoms with van der Waals surface area (Å²) in [6.07, 6.45) is 5.84. The van der Waals surface area contributed by atoms with Gasteiger partial charge in [-0.1, -0.05) is 32.6 Å². The summed E-state index contributed by atoms with van der Waals surface area (Å²) < 4.78 is 0. The predicted octanol–water partition coefficient (Wildman–Crippen LogP) is 2.61. The van der Waals surface area contributed by atoms with Gasteiger partial charge in [0.2, 0.25) is 11.8 Å². The van der Waals surface area contributed by atoms with E-state index in [9.17, 15) is 9.59 Å². The molecule has 20 heavy (non-hydrogen) atoms. The van der Waals surface area contributed by atoms with Gasteiger partial charge in [-0.25, -0.2) is 0 Å². The Labute approximate surface area is 122 Å². The third-order valence-electron chi connectivity index (χ3n) is 3.84. The van der Waals surface area contributed by atoms with Crippen molar-refractivity contribution < 1.29 is 9.59 Å². The number of nitrogens with one attached hydrogen (secondary N) is 1. The van der Waals surface area contributed by atoms with Gasteiger partial charge < -0.3 is 11.1 Å². The van der Waals surface area contributed by atoms with Crippen LogP contribution in [0.1, 0.15) is 66.2 Å². The van der Waals surface area contributed by atoms with Crippen LogP contribution in [0.25, 0.3) is 0 Å². The zero-order valence-corrected chi connectivity index (χ0v) is 13.4. The summed E-state index contributed by atoms with van der Waals surface area (Å²) in [6, 6.07) is 0. The van der Waals surface area contributed by atoms with E-state index in [4.69, 9.17) is 5.73 Å². The summed E-state index contributed by atoms with van der Waals surface area (Å²) >= 11 is 0. The number of primary amides is 1. The summed E-state index contributed by atoms with van der Waals surface area (Å²) in [5.74, 6) is -0.310. The number of rotatable bonds is 8. The Morgan fingerprint density at radius 2 is 1.85 bits per heavy atom. The summed E-state index contributed by atoms with van der Waals surface area (Å²) in [6.45, 7) is 7.97. The van der Waals surface area contributed by atoms with Gasteiger partial charge in [0.1, 0.15) is 0 Å². The maximum atomic E-state index is 12.5. The third kappa shape index (κ3) is 5.93. The fourth-order valence-corrected chi connectivity index (χ4v) is 2.59. The van der Waals surface area contributed by atoms with Crippen LogP contribution in [0.2, 0.25) is 0 Å². The largest absolute Gasteiger partial charge is 0.369 e. The van der Waals surface area contributed by atoms with Crippen LogP contribution in [-0.2, 0) is 9.59 Å². The Kier molecular flexibility index (Phi) is 6.03. The van der Waals surface area contributed by atoms with Gasteiger partial charge in [-0.15, -0.1) is 0 Å². The average molecular weight is 282 g/mol. The summed E-state index contributed by atoms with van der Waals surface area (Å²) in [4.78, 5) is 24.3. The summed E-state index contributed by atoms with van der Waals surface area (Å²) in [7, 11) is 0. The molecule has 0 aliphatic heterocycles. The standard InChI is InChI=1S/C16H30N2O2/c1-5-6-7-12(14(17)19)13(10-11-8-9-11)15(20)18-16(2,3)4/h11-13H,5-10H2,1-4H3,(H2,17,19)(H,18,20). The number of hydrogen-bond donors (Lipinski definition) is 2. The highest BCUT2D eigenvalue weighted by atomic mass is 16.2. The molecule has 0 bridgehead atoms. The first-order valence-corrected chi connectivity index (χ1v) is 7.86. The number of carbonyl (C=O) groups is 2. The van der Waals surface area contributed by atoms with Crippen molar-refractivity contribution in [2.45, 2.75) is 71.8 Å². The summed E-state index contributed by atoms with van der Waals surface area (Å²) in [5, 5.41) is 3.02. The number of amides is 2. The van der Waals surface area contributed by atoms with E-state index in [1.54, 1.807) is 0 Å². The zero-order valence-electron chi connectivity index (χ0n) is 13.4. The van der Waals surface area contributed by atoms with Gasteiger partial charge in [-0.05, 0) is 39.5 Å². The Bertz CT molecular complexity index is 343. The smallest absolute Gasteiger partial charge is 0.224 e. The molecule has 2 atom stereocenters. The molecular formula is C16H30N2O2. The van der Waals surface area contributed by atoms with Crippen LogP contribution < -0.4 is 11.1 Å². The van der Waals surface area contributed by atoms with E-state index in [1.165, 1.54) is 12.8 Å². The fraction of sp³-hybridized carbons (Fsp3) is 0.875. The SMILES string of the molecule is CCCCC(C(N)=O)C(CC1CC1)C(=O)NC(C)(C)C. The number of nitrogens with two attached hydrogens (primary N) is 1. The average Bonchev–Trinajstić information content (AvgIpc) is 3.09. The number of unbranched alkanes of at least 4 members (excludes halogenated alkanes) is 1. The van der Waals surface area contributed by atoms with Crippen molar-refractivity contribution in [3.63, 3.8) is 0 Å². The predicted molar refractivity (Wildman–Crippen MR) is 80.9 cm³/mol. The Balaban J connectivity index is 2.78. The molecule has 1 saturated carbocycles. The molecule has 1 aliphatic carbocycles. The molecule has 1 rings (SSSR count). The van der Waals surface area contributed by atoms with E-state index < -0.39 is 0 Å². The van der Waals surface area contributed by atoms with E-state index in [-0.39, 0.29) is 29.2 Å². The fourth-order valence-electron chi connectivity index (χ4n) is 2.59. The molecule has 116 valence electrons. The third-order valence-corrected chi connectivity index (χ3v) is 3.84. The van der Waals surface area contributed by atoms with Gasteiger partial charge in [0.15, 0.2) is 0 Å². The maximum Gasteiger partial charge on any atom is 0.224 e. The van der Waals surface area contributed by atoms with Crippen molar-refractivity contribution in [1.82, 2.24) is 5.32 Å². The Morgan fingerprint density at radius 1 is 1.25 bits per heavy atom. The molecule has 4 heteroatoms. The minimum absolute atomic E-state index is 0.00990. The van der Waals surface area contributed by atoms with E-state index in [0.29, 0.717) is 5.92 Å². The number of carbonyl (C=O) groups excluding carboxylic acids is 2. The zero-order chi connectivity index (χ0) is 15.3. The molecule has 4 nitrogen and oxygen atoms in total. The minimum atomic E-state index is -0.326. The van der Waals surface area contributed by atoms with Crippen LogP contribution >= 0.6 is 0 Å². The molecule has 0 aromatic rings. The molecule has 0 heterocycles. The second-order valence-electron chi connectivity index (χ2n) is 7.18. The van der Waals surface area contributed by atoms with Crippen LogP contribution in [0.15, 0.2) is 0 Å². The molecular weight excluding hydrogens is 252 g/mol. The second kappa shape index (κ2) is 7.09. The number of hydrogen-bond acceptors (Lipinski definition) is 2. The van der Waals surface area contributed by atoms with E-state index in [1.807, 2.05) is 20.8 Å². The van der Waals surface area contributed by atoms with Gasteiger partial charge in [0, 0.05) is 17.4 Å². The first-order chi connectivity index (χ1) is 9.24. The molecule has 1 fully saturated rings. The van der Waals surface area contributed by atoms with Crippen LogP contribution in [0.3, 0.4) is 0 Å². The minimum Gasteiger partial charge on any atom is -0.369 e. The molecule has 0 radical (unpaired) electrons. The second-order valence-corrected chi connectivity index (χ2v) is 7.18. The lowest BCUT2D eigenvalue weighted by atomic mass is 9.82. The monoisotopic (exact) mass is 282 g/mol. The van der Waals surface area contributed by atoms with Gasteiger partial charge >= 0.3 is 0 Å². The molecule has 0 saturated heterocycles. The van der Waals surface area contributed by atoms with Crippen molar-refractivity contribution in [2.75, 3.05) is 0 Å². The van der Waals surface area contributed by atoms with Crippen LogP contribution in [0.5, 0.6) is 0 Å². The van der Waals surface area contributed by atoms with Crippen molar-refractivity contribution in [1.29, 1.82) is 0 Å². The molecule has 2 amide bonds. The van der Waals surface area contributed by atoms with Crippen LogP contribution in [0, 0.1) is 17.8 Å². The van der Waals surface area contributed by atoms with Gasteiger partial charge in [-0.3, -0.25) is 9.59 Å². The lowest BCUT2D eigenvalue weighted by Crippen LogP contribution is -2.47. The molecule has 3 N–H and O–H groups in total. The molecule has 1 aliphatic rings. The van der Waals surface area contributed by atoms with Crippen molar-refractivity contribution in [3.05, 3.63) is 0 Å². The van der Waals surface area contributed by atoms with Gasteiger partial charge in [-0.2, -0.15) is 0 Å². The molecule has 0 aromatic heterocycles. The first kappa shape index (κ1) is 17.0. The summed E-state index contributed by atoms with van der Waals surface area (Å²) in [5.41, 5.74) is 5.29. The van der Waals surface area contributed by atoms with Crippen molar-refractivity contribution >= 4 is 11.8 Å².